The van der Waals surface area contributed by atoms with E-state index in [1.807, 2.05) is 30.3 Å². The van der Waals surface area contributed by atoms with Crippen LogP contribution >= 0.6 is 0 Å². The van der Waals surface area contributed by atoms with Crippen LogP contribution in [-0.2, 0) is 5.41 Å². The number of benzene rings is 3. The van der Waals surface area contributed by atoms with Crippen LogP contribution in [0.2, 0.25) is 0 Å². The van der Waals surface area contributed by atoms with Crippen LogP contribution < -0.4 is 10.5 Å². The van der Waals surface area contributed by atoms with Gasteiger partial charge in [-0.3, -0.25) is 0 Å². The van der Waals surface area contributed by atoms with E-state index in [-0.39, 0.29) is 5.41 Å². The Hall–Kier alpha value is -2.74. The lowest BCUT2D eigenvalue weighted by molar-refractivity contribution is 0.483. The zero-order chi connectivity index (χ0) is 16.0. The smallest absolute Gasteiger partial charge is 0.150 e. The summed E-state index contributed by atoms with van der Waals surface area (Å²) in [4.78, 5) is 0. The van der Waals surface area contributed by atoms with Crippen LogP contribution in [0.15, 0.2) is 66.7 Å². The molecule has 0 aliphatic heterocycles. The first-order valence-electron chi connectivity index (χ1n) is 7.84. The van der Waals surface area contributed by atoms with Gasteiger partial charge in [-0.25, -0.2) is 0 Å². The fourth-order valence-electron chi connectivity index (χ4n) is 3.45. The molecule has 0 radical (unpaired) electrons. The minimum absolute atomic E-state index is 0.0203. The molecule has 0 fully saturated rings. The summed E-state index contributed by atoms with van der Waals surface area (Å²) >= 11 is 0. The second kappa shape index (κ2) is 4.88. The highest BCUT2D eigenvalue weighted by molar-refractivity contribution is 5.81. The molecule has 0 aromatic heterocycles. The molecular weight excluding hydrogens is 282 g/mol. The second-order valence-corrected chi connectivity index (χ2v) is 6.52. The van der Waals surface area contributed by atoms with E-state index in [4.69, 9.17) is 10.5 Å². The molecule has 114 valence electrons. The monoisotopic (exact) mass is 301 g/mol. The molecule has 0 saturated carbocycles. The first-order valence-corrected chi connectivity index (χ1v) is 7.84. The van der Waals surface area contributed by atoms with Gasteiger partial charge in [0.25, 0.3) is 0 Å². The SMILES string of the molecule is CC1(C)c2ccccc2-c2ccc(Oc3ccccc3N)cc21. The fourth-order valence-corrected chi connectivity index (χ4v) is 3.45. The Morgan fingerprint density at radius 1 is 0.783 bits per heavy atom. The van der Waals surface area contributed by atoms with Gasteiger partial charge in [0.15, 0.2) is 0 Å². The van der Waals surface area contributed by atoms with Gasteiger partial charge in [0, 0.05) is 5.41 Å². The minimum atomic E-state index is -0.0203. The maximum Gasteiger partial charge on any atom is 0.150 e. The number of fused-ring (bicyclic) bond motifs is 3. The Bertz CT molecular complexity index is 896. The molecule has 0 saturated heterocycles. The van der Waals surface area contributed by atoms with Gasteiger partial charge in [-0.2, -0.15) is 0 Å². The summed E-state index contributed by atoms with van der Waals surface area (Å²) in [7, 11) is 0. The van der Waals surface area contributed by atoms with E-state index in [9.17, 15) is 0 Å². The quantitative estimate of drug-likeness (QED) is 0.646. The summed E-state index contributed by atoms with van der Waals surface area (Å²) in [5.41, 5.74) is 11.9. The van der Waals surface area contributed by atoms with E-state index in [0.717, 1.165) is 5.75 Å². The summed E-state index contributed by atoms with van der Waals surface area (Å²) in [6.45, 7) is 4.52. The maximum atomic E-state index is 6.00. The molecule has 4 rings (SSSR count). The van der Waals surface area contributed by atoms with Crippen molar-refractivity contribution in [1.82, 2.24) is 0 Å². The van der Waals surface area contributed by atoms with Crippen molar-refractivity contribution in [1.29, 1.82) is 0 Å². The van der Waals surface area contributed by atoms with E-state index < -0.39 is 0 Å². The molecule has 3 aromatic carbocycles. The van der Waals surface area contributed by atoms with Crippen LogP contribution in [0.4, 0.5) is 5.69 Å². The summed E-state index contributed by atoms with van der Waals surface area (Å²) in [5.74, 6) is 1.52. The molecule has 1 aliphatic carbocycles. The molecule has 2 nitrogen and oxygen atoms in total. The number of hydrogen-bond acceptors (Lipinski definition) is 2. The summed E-state index contributed by atoms with van der Waals surface area (Å²) < 4.78 is 6.00. The summed E-state index contributed by atoms with van der Waals surface area (Å²) in [5, 5.41) is 0. The molecule has 1 aliphatic rings. The number of nitrogens with two attached hydrogens (primary N) is 1. The Balaban J connectivity index is 1.79. The molecule has 3 aromatic rings. The predicted octanol–water partition coefficient (Wildman–Crippen LogP) is 5.37. The molecule has 0 amide bonds. The van der Waals surface area contributed by atoms with E-state index in [1.165, 1.54) is 22.3 Å². The largest absolute Gasteiger partial charge is 0.455 e. The summed E-state index contributed by atoms with van der Waals surface area (Å²) in [6, 6.07) is 22.5. The predicted molar refractivity (Wildman–Crippen MR) is 94.9 cm³/mol. The van der Waals surface area contributed by atoms with Gasteiger partial charge in [0.05, 0.1) is 5.69 Å². The number of ether oxygens (including phenoxy) is 1. The molecule has 0 bridgehead atoms. The first-order chi connectivity index (χ1) is 11.1. The molecular formula is C21H19NO. The third-order valence-electron chi connectivity index (χ3n) is 4.70. The van der Waals surface area contributed by atoms with Crippen LogP contribution in [0.5, 0.6) is 11.5 Å². The molecule has 0 spiro atoms. The minimum Gasteiger partial charge on any atom is -0.455 e. The van der Waals surface area contributed by atoms with Crippen LogP contribution in [0, 0.1) is 0 Å². The van der Waals surface area contributed by atoms with Crippen molar-refractivity contribution in [2.45, 2.75) is 19.3 Å². The Kier molecular flexibility index (Phi) is 2.95. The highest BCUT2D eigenvalue weighted by Gasteiger charge is 2.35. The van der Waals surface area contributed by atoms with Gasteiger partial charge in [0.2, 0.25) is 0 Å². The zero-order valence-electron chi connectivity index (χ0n) is 13.3. The first kappa shape index (κ1) is 13.9. The second-order valence-electron chi connectivity index (χ2n) is 6.52. The molecule has 23 heavy (non-hydrogen) atoms. The van der Waals surface area contributed by atoms with E-state index in [1.54, 1.807) is 0 Å². The normalized spacial score (nSPS) is 14.2. The lowest BCUT2D eigenvalue weighted by atomic mass is 9.82. The molecule has 0 atom stereocenters. The number of rotatable bonds is 2. The average molecular weight is 301 g/mol. The van der Waals surface area contributed by atoms with Crippen LogP contribution in [0.3, 0.4) is 0 Å². The van der Waals surface area contributed by atoms with Crippen LogP contribution in [-0.4, -0.2) is 0 Å². The average Bonchev–Trinajstić information content (AvgIpc) is 2.78. The standard InChI is InChI=1S/C21H19NO/c1-21(2)17-8-4-3-7-15(17)16-12-11-14(13-18(16)21)23-20-10-6-5-9-19(20)22/h3-13H,22H2,1-2H3. The molecule has 0 unspecified atom stereocenters. The van der Waals surface area contributed by atoms with Crippen molar-refractivity contribution in [3.8, 4) is 22.6 Å². The highest BCUT2D eigenvalue weighted by atomic mass is 16.5. The van der Waals surface area contributed by atoms with Crippen molar-refractivity contribution < 1.29 is 4.74 Å². The van der Waals surface area contributed by atoms with Gasteiger partial charge in [0.1, 0.15) is 11.5 Å². The number of hydrogen-bond donors (Lipinski definition) is 1. The fraction of sp³-hybridized carbons (Fsp3) is 0.143. The Morgan fingerprint density at radius 2 is 1.48 bits per heavy atom. The lowest BCUT2D eigenvalue weighted by Crippen LogP contribution is -2.14. The van der Waals surface area contributed by atoms with Crippen molar-refractivity contribution >= 4 is 5.69 Å². The summed E-state index contributed by atoms with van der Waals surface area (Å²) in [6.07, 6.45) is 0. The third kappa shape index (κ3) is 2.10. The van der Waals surface area contributed by atoms with Crippen molar-refractivity contribution in [2.75, 3.05) is 5.73 Å². The molecule has 2 heteroatoms. The van der Waals surface area contributed by atoms with Gasteiger partial charge in [-0.15, -0.1) is 0 Å². The van der Waals surface area contributed by atoms with E-state index in [0.29, 0.717) is 11.4 Å². The van der Waals surface area contributed by atoms with Crippen LogP contribution in [0.1, 0.15) is 25.0 Å². The van der Waals surface area contributed by atoms with Gasteiger partial charge in [-0.1, -0.05) is 56.3 Å². The lowest BCUT2D eigenvalue weighted by Gasteiger charge is -2.21. The topological polar surface area (TPSA) is 35.2 Å². The van der Waals surface area contributed by atoms with Gasteiger partial charge >= 0.3 is 0 Å². The van der Waals surface area contributed by atoms with E-state index >= 15 is 0 Å². The Morgan fingerprint density at radius 3 is 2.30 bits per heavy atom. The number of para-hydroxylation sites is 2. The van der Waals surface area contributed by atoms with Gasteiger partial charge in [-0.05, 0) is 46.5 Å². The highest BCUT2D eigenvalue weighted by Crippen LogP contribution is 2.49. The Labute approximate surface area is 136 Å². The van der Waals surface area contributed by atoms with Crippen LogP contribution in [0.25, 0.3) is 11.1 Å². The number of nitrogen functional groups attached to an aromatic ring is 1. The van der Waals surface area contributed by atoms with Crippen molar-refractivity contribution in [3.05, 3.63) is 77.9 Å². The van der Waals surface area contributed by atoms with Gasteiger partial charge < -0.3 is 10.5 Å². The molecule has 2 N–H and O–H groups in total. The zero-order valence-corrected chi connectivity index (χ0v) is 13.3. The maximum absolute atomic E-state index is 6.00. The van der Waals surface area contributed by atoms with Crippen molar-refractivity contribution in [2.24, 2.45) is 0 Å². The van der Waals surface area contributed by atoms with E-state index in [2.05, 4.69) is 50.2 Å². The van der Waals surface area contributed by atoms with Crippen molar-refractivity contribution in [3.63, 3.8) is 0 Å². The molecule has 0 heterocycles. The number of anilines is 1. The third-order valence-corrected chi connectivity index (χ3v) is 4.70.